The van der Waals surface area contributed by atoms with Crippen LogP contribution < -0.4 is 15.8 Å². The topological polar surface area (TPSA) is 181 Å². The van der Waals surface area contributed by atoms with Gasteiger partial charge in [-0.05, 0) is 62.4 Å². The van der Waals surface area contributed by atoms with Crippen LogP contribution >= 0.6 is 0 Å². The molecule has 15 heteroatoms. The first-order valence-electron chi connectivity index (χ1n) is 18.7. The second kappa shape index (κ2) is 20.5. The molecule has 0 spiro atoms. The first-order chi connectivity index (χ1) is 24.8. The van der Waals surface area contributed by atoms with Crippen LogP contribution in [-0.4, -0.2) is 125 Å². The molecule has 53 heavy (non-hydrogen) atoms. The van der Waals surface area contributed by atoms with Crippen molar-refractivity contribution in [2.45, 2.75) is 122 Å². The van der Waals surface area contributed by atoms with Gasteiger partial charge in [0.25, 0.3) is 10.0 Å². The number of methoxy groups -OCH3 is 2. The second-order valence-electron chi connectivity index (χ2n) is 15.3. The van der Waals surface area contributed by atoms with Gasteiger partial charge in [0, 0.05) is 34.4 Å². The molecule has 0 unspecified atom stereocenters. The van der Waals surface area contributed by atoms with Gasteiger partial charge in [-0.1, -0.05) is 67.0 Å². The molecular formula is C38H66N6O8S. The number of likely N-dealkylation sites (tertiary alicyclic amines) is 1. The van der Waals surface area contributed by atoms with E-state index in [9.17, 15) is 27.6 Å². The minimum absolute atomic E-state index is 0.0274. The molecule has 0 saturated carbocycles. The standard InChI is InChI=1S/C38H66N6O8S/c1-13-25(6)34(43(10)38(48)32(23(2)3)40-37(47)33(24(4)5)42(8)9)30(51-11)21-31(45)44-20-14-15-29(44)35(52-12)26(7)36(46)41-53(49,50)28-18-16-27(22-39)17-19-28/h16-19,23-26,29-30,32-35H,13-15,20-22,39H2,1-12H3,(H,40,47)(H,41,46)/t25-,26+,29-,30+,32-,33-,34-,35+/m0/s1. The number of benzene rings is 1. The fourth-order valence-corrected chi connectivity index (χ4v) is 8.56. The van der Waals surface area contributed by atoms with E-state index in [1.165, 1.54) is 26.4 Å². The average Bonchev–Trinajstić information content (AvgIpc) is 3.59. The SMILES string of the molecule is CC[C@H](C)[C@@H]([C@@H](CC(=O)N1CCC[C@H]1[C@H](OC)[C@@H](C)C(=O)NS(=O)(=O)c1ccc(CN)cc1)OC)N(C)C(=O)[C@@H](NC(=O)[C@H](C(C)C)N(C)C)C(C)C. The van der Waals surface area contributed by atoms with E-state index < -0.39 is 58.2 Å². The number of likely N-dealkylation sites (N-methyl/N-ethyl adjacent to an activating group) is 2. The number of nitrogens with one attached hydrogen (secondary N) is 2. The zero-order valence-corrected chi connectivity index (χ0v) is 34.7. The maximum Gasteiger partial charge on any atom is 0.264 e. The van der Waals surface area contributed by atoms with Crippen molar-refractivity contribution in [3.8, 4) is 0 Å². The molecule has 0 aliphatic carbocycles. The summed E-state index contributed by atoms with van der Waals surface area (Å²) in [6.45, 7) is 14.0. The molecule has 0 bridgehead atoms. The van der Waals surface area contributed by atoms with Crippen molar-refractivity contribution in [1.82, 2.24) is 24.7 Å². The van der Waals surface area contributed by atoms with Crippen LogP contribution in [0, 0.1) is 23.7 Å². The van der Waals surface area contributed by atoms with Crippen LogP contribution in [0.25, 0.3) is 0 Å². The maximum absolute atomic E-state index is 14.2. The Morgan fingerprint density at radius 3 is 2.02 bits per heavy atom. The maximum atomic E-state index is 14.2. The molecule has 1 aliphatic rings. The van der Waals surface area contributed by atoms with E-state index in [1.54, 1.807) is 35.9 Å². The number of hydrogen-bond acceptors (Lipinski definition) is 10. The first-order valence-corrected chi connectivity index (χ1v) is 20.2. The number of ether oxygens (including phenoxy) is 2. The number of hydrogen-bond donors (Lipinski definition) is 3. The Balaban J connectivity index is 2.29. The molecule has 302 valence electrons. The zero-order chi connectivity index (χ0) is 40.4. The lowest BCUT2D eigenvalue weighted by Crippen LogP contribution is -2.59. The quantitative estimate of drug-likeness (QED) is 0.179. The van der Waals surface area contributed by atoms with E-state index >= 15 is 0 Å². The van der Waals surface area contributed by atoms with Gasteiger partial charge in [0.1, 0.15) is 6.04 Å². The van der Waals surface area contributed by atoms with Crippen LogP contribution in [0.5, 0.6) is 0 Å². The fourth-order valence-electron chi connectivity index (χ4n) is 7.50. The van der Waals surface area contributed by atoms with Crippen LogP contribution in [-0.2, 0) is 45.2 Å². The third kappa shape index (κ3) is 11.7. The highest BCUT2D eigenvalue weighted by molar-refractivity contribution is 7.90. The summed E-state index contributed by atoms with van der Waals surface area (Å²) in [5.74, 6) is -2.62. The number of carbonyl (C=O) groups excluding carboxylic acids is 4. The Hall–Kier alpha value is -3.11. The van der Waals surface area contributed by atoms with Crippen LogP contribution in [0.4, 0.5) is 0 Å². The van der Waals surface area contributed by atoms with Crippen molar-refractivity contribution in [2.24, 2.45) is 29.4 Å². The molecule has 1 saturated heterocycles. The fraction of sp³-hybridized carbons (Fsp3) is 0.737. The van der Waals surface area contributed by atoms with Crippen molar-refractivity contribution >= 4 is 33.7 Å². The van der Waals surface area contributed by atoms with E-state index in [0.717, 1.165) is 5.56 Å². The van der Waals surface area contributed by atoms with Crippen molar-refractivity contribution in [3.05, 3.63) is 29.8 Å². The summed E-state index contributed by atoms with van der Waals surface area (Å²) in [4.78, 5) is 60.1. The molecule has 0 radical (unpaired) electrons. The molecule has 2 rings (SSSR count). The Labute approximate surface area is 317 Å². The minimum Gasteiger partial charge on any atom is -0.379 e. The summed E-state index contributed by atoms with van der Waals surface area (Å²) in [5.41, 5.74) is 6.38. The van der Waals surface area contributed by atoms with Crippen molar-refractivity contribution in [2.75, 3.05) is 41.9 Å². The van der Waals surface area contributed by atoms with Gasteiger partial charge in [-0.15, -0.1) is 0 Å². The zero-order valence-electron chi connectivity index (χ0n) is 33.9. The summed E-state index contributed by atoms with van der Waals surface area (Å²) >= 11 is 0. The predicted molar refractivity (Wildman–Crippen MR) is 205 cm³/mol. The van der Waals surface area contributed by atoms with Gasteiger partial charge in [-0.2, -0.15) is 0 Å². The van der Waals surface area contributed by atoms with Gasteiger partial charge < -0.3 is 30.3 Å². The summed E-state index contributed by atoms with van der Waals surface area (Å²) in [5, 5.41) is 3.01. The van der Waals surface area contributed by atoms with Crippen molar-refractivity contribution in [1.29, 1.82) is 0 Å². The average molecular weight is 767 g/mol. The van der Waals surface area contributed by atoms with Crippen LogP contribution in [0.2, 0.25) is 0 Å². The van der Waals surface area contributed by atoms with Crippen molar-refractivity contribution < 1.29 is 37.1 Å². The number of carbonyl (C=O) groups is 4. The van der Waals surface area contributed by atoms with E-state index in [4.69, 9.17) is 15.2 Å². The summed E-state index contributed by atoms with van der Waals surface area (Å²) in [6.07, 6.45) is 0.411. The Kier molecular flexibility index (Phi) is 17.8. The normalized spacial score (nSPS) is 19.0. The molecule has 1 aromatic rings. The molecule has 4 N–H and O–H groups in total. The summed E-state index contributed by atoms with van der Waals surface area (Å²) < 4.78 is 40.0. The lowest BCUT2D eigenvalue weighted by atomic mass is 9.89. The molecule has 0 aromatic heterocycles. The van der Waals surface area contributed by atoms with E-state index in [2.05, 4.69) is 10.0 Å². The number of rotatable bonds is 20. The Morgan fingerprint density at radius 2 is 1.55 bits per heavy atom. The van der Waals surface area contributed by atoms with E-state index in [-0.39, 0.29) is 53.3 Å². The van der Waals surface area contributed by atoms with Gasteiger partial charge in [-0.3, -0.25) is 24.1 Å². The van der Waals surface area contributed by atoms with Gasteiger partial charge in [0.15, 0.2) is 0 Å². The third-order valence-corrected chi connectivity index (χ3v) is 12.0. The lowest BCUT2D eigenvalue weighted by Gasteiger charge is -2.41. The minimum atomic E-state index is -4.16. The van der Waals surface area contributed by atoms with Crippen LogP contribution in [0.1, 0.15) is 79.7 Å². The summed E-state index contributed by atoms with van der Waals surface area (Å²) in [7, 11) is 4.18. The highest BCUT2D eigenvalue weighted by atomic mass is 32.2. The largest absolute Gasteiger partial charge is 0.379 e. The van der Waals surface area contributed by atoms with Gasteiger partial charge in [0.05, 0.1) is 47.6 Å². The van der Waals surface area contributed by atoms with E-state index in [1.807, 2.05) is 60.5 Å². The van der Waals surface area contributed by atoms with E-state index in [0.29, 0.717) is 25.8 Å². The number of amides is 4. The summed E-state index contributed by atoms with van der Waals surface area (Å²) in [6, 6.07) is 3.76. The lowest BCUT2D eigenvalue weighted by molar-refractivity contribution is -0.148. The molecule has 1 aliphatic heterocycles. The first kappa shape index (κ1) is 46.0. The highest BCUT2D eigenvalue weighted by Crippen LogP contribution is 2.30. The monoisotopic (exact) mass is 766 g/mol. The van der Waals surface area contributed by atoms with Gasteiger partial charge >= 0.3 is 0 Å². The Morgan fingerprint density at radius 1 is 0.943 bits per heavy atom. The highest BCUT2D eigenvalue weighted by Gasteiger charge is 2.43. The smallest absolute Gasteiger partial charge is 0.264 e. The van der Waals surface area contributed by atoms with Crippen LogP contribution in [0.3, 0.4) is 0 Å². The second-order valence-corrected chi connectivity index (χ2v) is 17.0. The molecule has 8 atom stereocenters. The predicted octanol–water partition coefficient (Wildman–Crippen LogP) is 2.60. The van der Waals surface area contributed by atoms with Gasteiger partial charge in [-0.25, -0.2) is 13.1 Å². The van der Waals surface area contributed by atoms with Crippen molar-refractivity contribution in [3.63, 3.8) is 0 Å². The number of sulfonamides is 1. The molecule has 4 amide bonds. The van der Waals surface area contributed by atoms with Crippen LogP contribution in [0.15, 0.2) is 29.2 Å². The molecule has 1 aromatic carbocycles. The molecule has 1 fully saturated rings. The number of nitrogens with zero attached hydrogens (tertiary/aromatic N) is 3. The molecular weight excluding hydrogens is 701 g/mol. The van der Waals surface area contributed by atoms with Gasteiger partial charge in [0.2, 0.25) is 23.6 Å². The number of nitrogens with two attached hydrogens (primary N) is 1. The third-order valence-electron chi connectivity index (χ3n) is 10.6. The molecule has 1 heterocycles. The Bertz CT molecular complexity index is 1460. The molecule has 14 nitrogen and oxygen atoms in total.